The predicted octanol–water partition coefficient (Wildman–Crippen LogP) is 3.46. The number of hydrogen-bond donors (Lipinski definition) is 1. The highest BCUT2D eigenvalue weighted by Gasteiger charge is 2.02. The number of nitrogens with one attached hydrogen (secondary N) is 1. The first-order valence-corrected chi connectivity index (χ1v) is 6.09. The Morgan fingerprint density at radius 3 is 2.88 bits per heavy atom. The number of aryl methyl sites for hydroxylation is 1. The van der Waals surface area contributed by atoms with Crippen LogP contribution in [0.15, 0.2) is 29.6 Å². The van der Waals surface area contributed by atoms with E-state index < -0.39 is 0 Å². The summed E-state index contributed by atoms with van der Waals surface area (Å²) in [6.07, 6.45) is 0.949. The zero-order valence-electron chi connectivity index (χ0n) is 9.03. The molecule has 1 N–H and O–H groups in total. The molecule has 2 aromatic rings. The predicted molar refractivity (Wildman–Crippen MR) is 65.2 cm³/mol. The van der Waals surface area contributed by atoms with Gasteiger partial charge in [-0.2, -0.15) is 0 Å². The van der Waals surface area contributed by atoms with Gasteiger partial charge in [0.15, 0.2) is 0 Å². The monoisotopic (exact) mass is 236 g/mol. The Bertz CT molecular complexity index is 468. The molecule has 0 amide bonds. The molecule has 1 heterocycles. The van der Waals surface area contributed by atoms with Gasteiger partial charge >= 0.3 is 0 Å². The van der Waals surface area contributed by atoms with Gasteiger partial charge in [-0.05, 0) is 18.6 Å². The lowest BCUT2D eigenvalue weighted by Crippen LogP contribution is -2.01. The van der Waals surface area contributed by atoms with Crippen LogP contribution in [-0.4, -0.2) is 4.98 Å². The number of thiazole rings is 1. The van der Waals surface area contributed by atoms with Gasteiger partial charge in [0, 0.05) is 5.38 Å². The molecule has 84 valence electrons. The van der Waals surface area contributed by atoms with Crippen LogP contribution >= 0.6 is 11.3 Å². The normalized spacial score (nSPS) is 10.4. The number of para-hydroxylation sites is 1. The second kappa shape index (κ2) is 5.07. The number of aromatic nitrogens is 1. The molecule has 2 nitrogen and oxygen atoms in total. The van der Waals surface area contributed by atoms with Gasteiger partial charge in [0.05, 0.1) is 22.9 Å². The van der Waals surface area contributed by atoms with Crippen molar-refractivity contribution in [3.8, 4) is 0 Å². The van der Waals surface area contributed by atoms with Gasteiger partial charge in [-0.15, -0.1) is 11.3 Å². The van der Waals surface area contributed by atoms with E-state index in [-0.39, 0.29) is 5.82 Å². The Morgan fingerprint density at radius 1 is 1.38 bits per heavy atom. The minimum atomic E-state index is -0.228. The Kier molecular flexibility index (Phi) is 3.51. The van der Waals surface area contributed by atoms with E-state index in [4.69, 9.17) is 0 Å². The van der Waals surface area contributed by atoms with E-state index in [0.29, 0.717) is 12.2 Å². The molecule has 16 heavy (non-hydrogen) atoms. The van der Waals surface area contributed by atoms with Gasteiger partial charge in [0.25, 0.3) is 0 Å². The number of hydrogen-bond acceptors (Lipinski definition) is 3. The molecular formula is C12H13FN2S. The summed E-state index contributed by atoms with van der Waals surface area (Å²) in [5, 5.41) is 6.16. The molecule has 0 saturated heterocycles. The topological polar surface area (TPSA) is 24.9 Å². The van der Waals surface area contributed by atoms with E-state index in [0.717, 1.165) is 17.1 Å². The summed E-state index contributed by atoms with van der Waals surface area (Å²) in [5.41, 5.74) is 1.48. The van der Waals surface area contributed by atoms with E-state index in [9.17, 15) is 4.39 Å². The van der Waals surface area contributed by atoms with Crippen molar-refractivity contribution in [1.29, 1.82) is 0 Å². The molecule has 0 aliphatic heterocycles. The second-order valence-corrected chi connectivity index (χ2v) is 4.36. The van der Waals surface area contributed by atoms with Crippen molar-refractivity contribution < 1.29 is 4.39 Å². The zero-order valence-corrected chi connectivity index (χ0v) is 9.85. The molecule has 0 bridgehead atoms. The first-order chi connectivity index (χ1) is 7.79. The summed E-state index contributed by atoms with van der Waals surface area (Å²) in [7, 11) is 0. The fraction of sp³-hybridized carbons (Fsp3) is 0.250. The molecule has 0 atom stereocenters. The zero-order chi connectivity index (χ0) is 11.4. The van der Waals surface area contributed by atoms with E-state index in [1.165, 1.54) is 6.07 Å². The van der Waals surface area contributed by atoms with Crippen LogP contribution in [0.3, 0.4) is 0 Å². The van der Waals surface area contributed by atoms with Gasteiger partial charge < -0.3 is 5.32 Å². The lowest BCUT2D eigenvalue weighted by atomic mass is 10.3. The summed E-state index contributed by atoms with van der Waals surface area (Å²) >= 11 is 1.64. The largest absolute Gasteiger partial charge is 0.377 e. The summed E-state index contributed by atoms with van der Waals surface area (Å²) in [4.78, 5) is 4.41. The summed E-state index contributed by atoms with van der Waals surface area (Å²) < 4.78 is 13.3. The second-order valence-electron chi connectivity index (χ2n) is 3.42. The fourth-order valence-corrected chi connectivity index (χ4v) is 2.13. The average molecular weight is 236 g/mol. The van der Waals surface area contributed by atoms with Crippen molar-refractivity contribution in [2.45, 2.75) is 19.9 Å². The van der Waals surface area contributed by atoms with Crippen molar-refractivity contribution in [3.05, 3.63) is 46.2 Å². The first-order valence-electron chi connectivity index (χ1n) is 5.21. The highest BCUT2D eigenvalue weighted by Crippen LogP contribution is 2.15. The van der Waals surface area contributed by atoms with Crippen molar-refractivity contribution >= 4 is 17.0 Å². The molecule has 0 aliphatic rings. The van der Waals surface area contributed by atoms with Crippen LogP contribution in [0, 0.1) is 5.82 Å². The molecule has 1 aromatic heterocycles. The minimum absolute atomic E-state index is 0.228. The average Bonchev–Trinajstić information content (AvgIpc) is 2.76. The number of rotatable bonds is 4. The van der Waals surface area contributed by atoms with Crippen molar-refractivity contribution in [3.63, 3.8) is 0 Å². The van der Waals surface area contributed by atoms with E-state index in [1.54, 1.807) is 23.5 Å². The lowest BCUT2D eigenvalue weighted by molar-refractivity contribution is 0.630. The fourth-order valence-electron chi connectivity index (χ4n) is 1.38. The molecule has 1 aromatic carbocycles. The third kappa shape index (κ3) is 2.58. The highest BCUT2D eigenvalue weighted by atomic mass is 32.1. The standard InChI is InChI=1S/C12H13FN2S/c1-2-12-15-9(8-16-12)7-14-11-6-4-3-5-10(11)13/h3-6,8,14H,2,7H2,1H3. The van der Waals surface area contributed by atoms with Gasteiger partial charge in [0.2, 0.25) is 0 Å². The smallest absolute Gasteiger partial charge is 0.146 e. The number of benzene rings is 1. The maximum Gasteiger partial charge on any atom is 0.146 e. The molecule has 0 fully saturated rings. The van der Waals surface area contributed by atoms with Crippen molar-refractivity contribution in [1.82, 2.24) is 4.98 Å². The maximum absolute atomic E-state index is 13.3. The molecular weight excluding hydrogens is 223 g/mol. The van der Waals surface area contributed by atoms with Crippen LogP contribution in [0.25, 0.3) is 0 Å². The van der Waals surface area contributed by atoms with Crippen LogP contribution < -0.4 is 5.32 Å². The molecule has 0 radical (unpaired) electrons. The summed E-state index contributed by atoms with van der Waals surface area (Å²) in [6.45, 7) is 2.64. The molecule has 0 unspecified atom stereocenters. The molecule has 4 heteroatoms. The molecule has 0 spiro atoms. The van der Waals surface area contributed by atoms with E-state index in [1.807, 2.05) is 11.4 Å². The van der Waals surface area contributed by atoms with Crippen LogP contribution in [0.4, 0.5) is 10.1 Å². The number of anilines is 1. The van der Waals surface area contributed by atoms with Crippen LogP contribution in [0.1, 0.15) is 17.6 Å². The van der Waals surface area contributed by atoms with Gasteiger partial charge in [-0.3, -0.25) is 0 Å². The van der Waals surface area contributed by atoms with Gasteiger partial charge in [-0.25, -0.2) is 9.37 Å². The van der Waals surface area contributed by atoms with Crippen molar-refractivity contribution in [2.24, 2.45) is 0 Å². The number of halogens is 1. The first kappa shape index (κ1) is 11.1. The van der Waals surface area contributed by atoms with E-state index >= 15 is 0 Å². The molecule has 0 saturated carbocycles. The van der Waals surface area contributed by atoms with Gasteiger partial charge in [-0.1, -0.05) is 19.1 Å². The Labute approximate surface area is 98.2 Å². The molecule has 2 rings (SSSR count). The number of nitrogens with zero attached hydrogens (tertiary/aromatic N) is 1. The van der Waals surface area contributed by atoms with Crippen LogP contribution in [0.5, 0.6) is 0 Å². The third-order valence-electron chi connectivity index (χ3n) is 2.24. The summed E-state index contributed by atoms with van der Waals surface area (Å²) in [5.74, 6) is -0.228. The molecule has 0 aliphatic carbocycles. The Balaban J connectivity index is 1.99. The van der Waals surface area contributed by atoms with Gasteiger partial charge in [0.1, 0.15) is 5.82 Å². The highest BCUT2D eigenvalue weighted by molar-refractivity contribution is 7.09. The van der Waals surface area contributed by atoms with Crippen LogP contribution in [-0.2, 0) is 13.0 Å². The third-order valence-corrected chi connectivity index (χ3v) is 3.28. The Morgan fingerprint density at radius 2 is 2.19 bits per heavy atom. The maximum atomic E-state index is 13.3. The quantitative estimate of drug-likeness (QED) is 0.879. The van der Waals surface area contributed by atoms with Crippen molar-refractivity contribution in [2.75, 3.05) is 5.32 Å². The summed E-state index contributed by atoms with van der Waals surface area (Å²) in [6, 6.07) is 6.66. The minimum Gasteiger partial charge on any atom is -0.377 e. The SMILES string of the molecule is CCc1nc(CNc2ccccc2F)cs1. The van der Waals surface area contributed by atoms with Crippen LogP contribution in [0.2, 0.25) is 0 Å². The Hall–Kier alpha value is -1.42. The lowest BCUT2D eigenvalue weighted by Gasteiger charge is -2.04. The van der Waals surface area contributed by atoms with E-state index in [2.05, 4.69) is 17.2 Å².